The van der Waals surface area contributed by atoms with Crippen molar-refractivity contribution in [2.24, 2.45) is 5.92 Å². The SMILES string of the molecule is O=C(Nc1cn2cc(-c3c(Cl)c(F)cc4[nH]ncc34)ccc2n1)[C@@H]1C[C@@H]1F. The fraction of sp³-hybridized carbons (Fsp3) is 0.167. The second-order valence-electron chi connectivity index (χ2n) is 6.54. The van der Waals surface area contributed by atoms with Gasteiger partial charge in [0.25, 0.3) is 0 Å². The first kappa shape index (κ1) is 16.2. The largest absolute Gasteiger partial charge is 0.309 e. The maximum absolute atomic E-state index is 14.2. The van der Waals surface area contributed by atoms with Crippen LogP contribution in [0.2, 0.25) is 5.02 Å². The van der Waals surface area contributed by atoms with Crippen molar-refractivity contribution in [1.29, 1.82) is 0 Å². The van der Waals surface area contributed by atoms with Crippen molar-refractivity contribution in [2.45, 2.75) is 12.6 Å². The van der Waals surface area contributed by atoms with Gasteiger partial charge in [0, 0.05) is 28.8 Å². The number of fused-ring (bicyclic) bond motifs is 2. The van der Waals surface area contributed by atoms with Gasteiger partial charge in [-0.2, -0.15) is 5.10 Å². The van der Waals surface area contributed by atoms with Crippen LogP contribution in [0.1, 0.15) is 6.42 Å². The maximum Gasteiger partial charge on any atom is 0.231 e. The molecule has 9 heteroatoms. The third-order valence-electron chi connectivity index (χ3n) is 4.68. The highest BCUT2D eigenvalue weighted by molar-refractivity contribution is 6.35. The second-order valence-corrected chi connectivity index (χ2v) is 6.91. The van der Waals surface area contributed by atoms with E-state index in [2.05, 4.69) is 20.5 Å². The van der Waals surface area contributed by atoms with Gasteiger partial charge in [0.05, 0.1) is 28.9 Å². The summed E-state index contributed by atoms with van der Waals surface area (Å²) in [5.41, 5.74) is 2.30. The molecule has 5 rings (SSSR count). The molecule has 0 bridgehead atoms. The number of alkyl halides is 1. The summed E-state index contributed by atoms with van der Waals surface area (Å²) in [5, 5.41) is 9.99. The maximum atomic E-state index is 14.2. The molecule has 0 unspecified atom stereocenters. The third-order valence-corrected chi connectivity index (χ3v) is 5.05. The Kier molecular flexibility index (Phi) is 3.45. The first-order valence-corrected chi connectivity index (χ1v) is 8.64. The number of rotatable bonds is 3. The summed E-state index contributed by atoms with van der Waals surface area (Å²) < 4.78 is 28.9. The van der Waals surface area contributed by atoms with Gasteiger partial charge < -0.3 is 9.72 Å². The van der Waals surface area contributed by atoms with Crippen LogP contribution in [0.25, 0.3) is 27.7 Å². The van der Waals surface area contributed by atoms with Gasteiger partial charge in [-0.3, -0.25) is 9.89 Å². The number of nitrogens with zero attached hydrogens (tertiary/aromatic N) is 3. The average molecular weight is 388 g/mol. The monoisotopic (exact) mass is 387 g/mol. The predicted octanol–water partition coefficient (Wildman–Crippen LogP) is 3.97. The number of aromatic amines is 1. The molecule has 1 fully saturated rings. The summed E-state index contributed by atoms with van der Waals surface area (Å²) in [6.45, 7) is 0. The normalized spacial score (nSPS) is 18.9. The van der Waals surface area contributed by atoms with Gasteiger partial charge in [-0.15, -0.1) is 0 Å². The van der Waals surface area contributed by atoms with Gasteiger partial charge in [0.1, 0.15) is 17.6 Å². The number of amides is 1. The molecule has 0 aliphatic heterocycles. The van der Waals surface area contributed by atoms with E-state index >= 15 is 0 Å². The zero-order valence-corrected chi connectivity index (χ0v) is 14.5. The number of imidazole rings is 1. The van der Waals surface area contributed by atoms with E-state index in [0.29, 0.717) is 33.5 Å². The molecule has 0 saturated heterocycles. The van der Waals surface area contributed by atoms with E-state index in [1.165, 1.54) is 6.07 Å². The first-order chi connectivity index (χ1) is 13.0. The molecule has 27 heavy (non-hydrogen) atoms. The molecular formula is C18H12ClF2N5O. The minimum absolute atomic E-state index is 0.000359. The molecule has 1 saturated carbocycles. The van der Waals surface area contributed by atoms with Crippen molar-refractivity contribution < 1.29 is 13.6 Å². The number of aromatic nitrogens is 4. The van der Waals surface area contributed by atoms with Crippen molar-refractivity contribution in [3.8, 4) is 11.1 Å². The van der Waals surface area contributed by atoms with E-state index in [0.717, 1.165) is 0 Å². The number of hydrogen-bond acceptors (Lipinski definition) is 3. The molecule has 3 aromatic heterocycles. The highest BCUT2D eigenvalue weighted by Gasteiger charge is 2.43. The molecule has 1 aliphatic rings. The highest BCUT2D eigenvalue weighted by atomic mass is 35.5. The van der Waals surface area contributed by atoms with Crippen LogP contribution >= 0.6 is 11.6 Å². The minimum Gasteiger partial charge on any atom is -0.309 e. The smallest absolute Gasteiger partial charge is 0.231 e. The topological polar surface area (TPSA) is 75.1 Å². The fourth-order valence-electron chi connectivity index (χ4n) is 3.17. The number of nitrogens with one attached hydrogen (secondary N) is 2. The number of anilines is 1. The Bertz CT molecular complexity index is 1220. The van der Waals surface area contributed by atoms with E-state index in [1.54, 1.807) is 35.1 Å². The van der Waals surface area contributed by atoms with Gasteiger partial charge in [-0.05, 0) is 18.6 Å². The number of hydrogen-bond donors (Lipinski definition) is 2. The van der Waals surface area contributed by atoms with Crippen LogP contribution in [-0.4, -0.2) is 31.7 Å². The lowest BCUT2D eigenvalue weighted by molar-refractivity contribution is -0.117. The first-order valence-electron chi connectivity index (χ1n) is 8.26. The number of carbonyl (C=O) groups is 1. The molecule has 1 aromatic carbocycles. The molecule has 6 nitrogen and oxygen atoms in total. The highest BCUT2D eigenvalue weighted by Crippen LogP contribution is 2.37. The summed E-state index contributed by atoms with van der Waals surface area (Å²) in [6, 6.07) is 4.79. The molecule has 2 atom stereocenters. The van der Waals surface area contributed by atoms with Crippen LogP contribution in [0.4, 0.5) is 14.6 Å². The van der Waals surface area contributed by atoms with Gasteiger partial charge in [0.15, 0.2) is 5.82 Å². The molecular weight excluding hydrogens is 376 g/mol. The van der Waals surface area contributed by atoms with Crippen molar-refractivity contribution in [2.75, 3.05) is 5.32 Å². The summed E-state index contributed by atoms with van der Waals surface area (Å²) >= 11 is 6.21. The number of benzene rings is 1. The van der Waals surface area contributed by atoms with Gasteiger partial charge >= 0.3 is 0 Å². The second kappa shape index (κ2) is 5.75. The van der Waals surface area contributed by atoms with E-state index in [4.69, 9.17) is 11.6 Å². The minimum atomic E-state index is -1.07. The Hall–Kier alpha value is -3.00. The summed E-state index contributed by atoms with van der Waals surface area (Å²) in [5.74, 6) is -1.19. The van der Waals surface area contributed by atoms with Crippen molar-refractivity contribution in [3.05, 3.63) is 47.6 Å². The van der Waals surface area contributed by atoms with Crippen molar-refractivity contribution in [1.82, 2.24) is 19.6 Å². The lowest BCUT2D eigenvalue weighted by Gasteiger charge is -2.08. The number of halogens is 3. The molecule has 2 N–H and O–H groups in total. The molecule has 1 amide bonds. The third kappa shape index (κ3) is 2.64. The van der Waals surface area contributed by atoms with Crippen LogP contribution < -0.4 is 5.32 Å². The van der Waals surface area contributed by atoms with Gasteiger partial charge in [0.2, 0.25) is 5.91 Å². The zero-order valence-electron chi connectivity index (χ0n) is 13.7. The molecule has 0 spiro atoms. The van der Waals surface area contributed by atoms with Crippen LogP contribution in [0.3, 0.4) is 0 Å². The fourth-order valence-corrected chi connectivity index (χ4v) is 3.43. The molecule has 3 heterocycles. The molecule has 136 valence electrons. The molecule has 4 aromatic rings. The summed E-state index contributed by atoms with van der Waals surface area (Å²) in [4.78, 5) is 16.2. The number of pyridine rings is 1. The Morgan fingerprint density at radius 2 is 2.19 bits per heavy atom. The summed E-state index contributed by atoms with van der Waals surface area (Å²) in [7, 11) is 0. The van der Waals surface area contributed by atoms with Crippen molar-refractivity contribution in [3.63, 3.8) is 0 Å². The summed E-state index contributed by atoms with van der Waals surface area (Å²) in [6.07, 6.45) is 4.12. The van der Waals surface area contributed by atoms with Crippen LogP contribution in [0.5, 0.6) is 0 Å². The lowest BCUT2D eigenvalue weighted by atomic mass is 10.0. The van der Waals surface area contributed by atoms with Gasteiger partial charge in [-0.1, -0.05) is 11.6 Å². The van der Waals surface area contributed by atoms with E-state index in [-0.39, 0.29) is 17.4 Å². The zero-order chi connectivity index (χ0) is 18.7. The molecule has 1 aliphatic carbocycles. The Morgan fingerprint density at radius 3 is 2.96 bits per heavy atom. The lowest BCUT2D eigenvalue weighted by Crippen LogP contribution is -2.15. The van der Waals surface area contributed by atoms with E-state index in [9.17, 15) is 13.6 Å². The van der Waals surface area contributed by atoms with Crippen LogP contribution in [0.15, 0.2) is 36.8 Å². The standard InChI is InChI=1S/C18H12ClF2N5O/c19-17-12(21)4-13-10(5-22-25-13)16(17)8-1-2-15-23-14(7-26(15)6-8)24-18(27)9-3-11(9)20/h1-2,4-7,9,11H,3H2,(H,22,25)(H,24,27)/t9-,11+/m1/s1. The van der Waals surface area contributed by atoms with E-state index < -0.39 is 17.9 Å². The molecule has 0 radical (unpaired) electrons. The van der Waals surface area contributed by atoms with Crippen molar-refractivity contribution >= 4 is 39.9 Å². The quantitative estimate of drug-likeness (QED) is 0.558. The van der Waals surface area contributed by atoms with Crippen LogP contribution in [-0.2, 0) is 4.79 Å². The van der Waals surface area contributed by atoms with Crippen LogP contribution in [0, 0.1) is 11.7 Å². The van der Waals surface area contributed by atoms with E-state index in [1.807, 2.05) is 0 Å². The number of H-pyrrole nitrogens is 1. The predicted molar refractivity (Wildman–Crippen MR) is 96.9 cm³/mol. The number of carbonyl (C=O) groups excluding carboxylic acids is 1. The Balaban J connectivity index is 1.56. The Labute approximate surface area is 156 Å². The van der Waals surface area contributed by atoms with Gasteiger partial charge in [-0.25, -0.2) is 13.8 Å². The Morgan fingerprint density at radius 1 is 1.37 bits per heavy atom. The average Bonchev–Trinajstić information content (AvgIpc) is 3.02.